The van der Waals surface area contributed by atoms with E-state index in [0.717, 1.165) is 60.9 Å². The highest BCUT2D eigenvalue weighted by molar-refractivity contribution is 6.42. The maximum atomic E-state index is 12.8. The molecule has 0 aliphatic carbocycles. The second-order valence-corrected chi connectivity index (χ2v) is 11.9. The molecule has 1 heterocycles. The third kappa shape index (κ3) is 8.71. The molecule has 1 atom stereocenters. The van der Waals surface area contributed by atoms with E-state index in [0.29, 0.717) is 28.6 Å². The van der Waals surface area contributed by atoms with Crippen LogP contribution in [0.3, 0.4) is 0 Å². The van der Waals surface area contributed by atoms with Crippen LogP contribution < -0.4 is 5.32 Å². The first kappa shape index (κ1) is 32.9. The number of rotatable bonds is 11. The predicted octanol–water partition coefficient (Wildman–Crippen LogP) is 7.80. The molecule has 1 N–H and O–H groups in total. The average molecular weight is 619 g/mol. The molecule has 4 rings (SSSR count). The first-order chi connectivity index (χ1) is 19.2. The topological polar surface area (TPSA) is 55.4 Å². The molecule has 0 spiro atoms. The number of esters is 1. The summed E-state index contributed by atoms with van der Waals surface area (Å²) in [5, 5.41) is 4.16. The van der Waals surface area contributed by atoms with Crippen LogP contribution in [0.15, 0.2) is 78.9 Å². The van der Waals surface area contributed by atoms with Crippen molar-refractivity contribution in [3.63, 3.8) is 0 Å². The van der Waals surface area contributed by atoms with E-state index < -0.39 is 5.60 Å². The zero-order chi connectivity index (χ0) is 28.6. The number of nitrogens with one attached hydrogen (secondary N) is 1. The van der Waals surface area contributed by atoms with Crippen molar-refractivity contribution in [3.8, 4) is 0 Å². The van der Waals surface area contributed by atoms with Gasteiger partial charge in [-0.05, 0) is 48.2 Å². The molecule has 41 heavy (non-hydrogen) atoms. The van der Waals surface area contributed by atoms with E-state index in [-0.39, 0.29) is 30.2 Å². The number of halogens is 3. The number of hydrogen-bond acceptors (Lipinski definition) is 3. The van der Waals surface area contributed by atoms with Gasteiger partial charge in [0.1, 0.15) is 5.60 Å². The Bertz CT molecular complexity index is 1280. The Morgan fingerprint density at radius 3 is 2.20 bits per heavy atom. The van der Waals surface area contributed by atoms with Gasteiger partial charge < -0.3 is 14.5 Å². The normalized spacial score (nSPS) is 20.9. The van der Waals surface area contributed by atoms with Crippen LogP contribution in [0.2, 0.25) is 10.0 Å². The predicted molar refractivity (Wildman–Crippen MR) is 169 cm³/mol. The fraction of sp³-hybridized carbons (Fsp3) is 0.394. The van der Waals surface area contributed by atoms with Gasteiger partial charge in [0.15, 0.2) is 0 Å². The Balaban J connectivity index is 0.00000462. The van der Waals surface area contributed by atoms with Gasteiger partial charge in [0.2, 0.25) is 0 Å². The Morgan fingerprint density at radius 1 is 0.951 bits per heavy atom. The van der Waals surface area contributed by atoms with Crippen LogP contribution in [-0.2, 0) is 15.1 Å². The van der Waals surface area contributed by atoms with E-state index in [9.17, 15) is 9.59 Å². The van der Waals surface area contributed by atoms with Crippen molar-refractivity contribution in [2.24, 2.45) is 0 Å². The van der Waals surface area contributed by atoms with Gasteiger partial charge >= 0.3 is 5.97 Å². The monoisotopic (exact) mass is 617 g/mol. The maximum absolute atomic E-state index is 12.8. The summed E-state index contributed by atoms with van der Waals surface area (Å²) in [6.07, 6.45) is 3.84. The molecule has 1 aliphatic rings. The number of hydrogen-bond donors (Lipinski definition) is 1. The molecule has 1 amide bonds. The molecular formula is C33H40Cl3N2O3+. The van der Waals surface area contributed by atoms with Gasteiger partial charge in [-0.3, -0.25) is 9.59 Å². The summed E-state index contributed by atoms with van der Waals surface area (Å²) in [6, 6.07) is 25.2. The Labute approximate surface area is 260 Å². The number of likely N-dealkylation sites (tertiary alicyclic amines) is 1. The van der Waals surface area contributed by atoms with Crippen LogP contribution in [0.25, 0.3) is 0 Å². The molecule has 1 saturated heterocycles. The number of benzene rings is 3. The SMILES string of the molecule is CCC(=O)OC1(c2ccccc2)CC[N+](C)(CCCC(CNC(=O)c2ccccc2)c2ccc(Cl)c(Cl)c2)CC1.Cl. The number of ether oxygens (including phenoxy) is 1. The Hall–Kier alpha value is -2.57. The molecule has 0 radical (unpaired) electrons. The molecule has 0 bridgehead atoms. The first-order valence-corrected chi connectivity index (χ1v) is 14.9. The minimum atomic E-state index is -0.559. The molecule has 0 saturated carbocycles. The Kier molecular flexibility index (Phi) is 12.1. The Morgan fingerprint density at radius 2 is 1.59 bits per heavy atom. The van der Waals surface area contributed by atoms with E-state index >= 15 is 0 Å². The summed E-state index contributed by atoms with van der Waals surface area (Å²) >= 11 is 12.5. The molecule has 5 nitrogen and oxygen atoms in total. The summed E-state index contributed by atoms with van der Waals surface area (Å²) < 4.78 is 7.03. The van der Waals surface area contributed by atoms with Gasteiger partial charge in [0, 0.05) is 37.3 Å². The van der Waals surface area contributed by atoms with E-state index in [1.54, 1.807) is 0 Å². The summed E-state index contributed by atoms with van der Waals surface area (Å²) in [5.74, 6) is -0.130. The molecule has 1 fully saturated rings. The number of quaternary nitrogens is 1. The quantitative estimate of drug-likeness (QED) is 0.176. The minimum Gasteiger partial charge on any atom is -0.454 e. The van der Waals surface area contributed by atoms with E-state index in [4.69, 9.17) is 27.9 Å². The fourth-order valence-corrected chi connectivity index (χ4v) is 5.93. The van der Waals surface area contributed by atoms with Crippen molar-refractivity contribution >= 4 is 47.5 Å². The van der Waals surface area contributed by atoms with Gasteiger partial charge in [-0.2, -0.15) is 0 Å². The zero-order valence-corrected chi connectivity index (χ0v) is 26.1. The van der Waals surface area contributed by atoms with Crippen LogP contribution in [0.5, 0.6) is 0 Å². The lowest BCUT2D eigenvalue weighted by molar-refractivity contribution is -0.917. The summed E-state index contributed by atoms with van der Waals surface area (Å²) in [4.78, 5) is 25.1. The van der Waals surface area contributed by atoms with Gasteiger partial charge in [-0.15, -0.1) is 12.4 Å². The summed E-state index contributed by atoms with van der Waals surface area (Å²) in [5.41, 5.74) is 2.24. The smallest absolute Gasteiger partial charge is 0.306 e. The molecule has 8 heteroatoms. The van der Waals surface area contributed by atoms with Gasteiger partial charge in [-0.1, -0.05) is 84.7 Å². The number of carbonyl (C=O) groups excluding carboxylic acids is 2. The number of carbonyl (C=O) groups is 2. The number of piperidine rings is 1. The fourth-order valence-electron chi connectivity index (χ4n) is 5.62. The maximum Gasteiger partial charge on any atom is 0.306 e. The lowest BCUT2D eigenvalue weighted by atomic mass is 9.83. The third-order valence-corrected chi connectivity index (χ3v) is 8.96. The van der Waals surface area contributed by atoms with Crippen molar-refractivity contribution < 1.29 is 18.8 Å². The van der Waals surface area contributed by atoms with Gasteiger partial charge in [0.25, 0.3) is 5.91 Å². The summed E-state index contributed by atoms with van der Waals surface area (Å²) in [7, 11) is 2.29. The third-order valence-electron chi connectivity index (χ3n) is 8.22. The molecule has 220 valence electrons. The molecule has 3 aromatic carbocycles. The van der Waals surface area contributed by atoms with Gasteiger partial charge in [0.05, 0.1) is 36.7 Å². The molecule has 3 aromatic rings. The average Bonchev–Trinajstić information content (AvgIpc) is 2.98. The van der Waals surface area contributed by atoms with Crippen LogP contribution in [-0.4, -0.2) is 49.6 Å². The summed E-state index contributed by atoms with van der Waals surface area (Å²) in [6.45, 7) is 5.20. The number of nitrogens with zero attached hydrogens (tertiary/aromatic N) is 1. The highest BCUT2D eigenvalue weighted by Crippen LogP contribution is 2.39. The van der Waals surface area contributed by atoms with E-state index in [1.165, 1.54) is 0 Å². The van der Waals surface area contributed by atoms with Gasteiger partial charge in [-0.25, -0.2) is 0 Å². The number of amides is 1. The largest absolute Gasteiger partial charge is 0.454 e. The van der Waals surface area contributed by atoms with Crippen LogP contribution >= 0.6 is 35.6 Å². The second-order valence-electron chi connectivity index (χ2n) is 11.1. The molecule has 1 aliphatic heterocycles. The van der Waals surface area contributed by atoms with Crippen LogP contribution in [0.4, 0.5) is 0 Å². The highest BCUT2D eigenvalue weighted by atomic mass is 35.5. The van der Waals surface area contributed by atoms with Crippen molar-refractivity contribution in [2.75, 3.05) is 33.2 Å². The zero-order valence-electron chi connectivity index (χ0n) is 23.8. The van der Waals surface area contributed by atoms with Crippen molar-refractivity contribution in [1.82, 2.24) is 5.32 Å². The molecular weight excluding hydrogens is 579 g/mol. The van der Waals surface area contributed by atoms with Crippen LogP contribution in [0, 0.1) is 0 Å². The lowest BCUT2D eigenvalue weighted by Crippen LogP contribution is -2.55. The van der Waals surface area contributed by atoms with Crippen molar-refractivity contribution in [3.05, 3.63) is 106 Å². The second kappa shape index (κ2) is 15.1. The molecule has 1 unspecified atom stereocenters. The van der Waals surface area contributed by atoms with E-state index in [2.05, 4.69) is 24.5 Å². The van der Waals surface area contributed by atoms with Crippen molar-refractivity contribution in [2.45, 2.75) is 50.5 Å². The lowest BCUT2D eigenvalue weighted by Gasteiger charge is -2.46. The first-order valence-electron chi connectivity index (χ1n) is 14.1. The van der Waals surface area contributed by atoms with Crippen LogP contribution in [0.1, 0.15) is 66.4 Å². The molecule has 0 aromatic heterocycles. The van der Waals surface area contributed by atoms with Crippen molar-refractivity contribution in [1.29, 1.82) is 0 Å². The minimum absolute atomic E-state index is 0. The highest BCUT2D eigenvalue weighted by Gasteiger charge is 2.44. The standard InChI is InChI=1S/C33H38Cl2N2O3.ClH/c1-3-31(38)40-33(28-14-8-5-9-15-28)18-21-37(2,22-19-33)20-10-13-27(26-16-17-29(34)30(35)23-26)24-36-32(39)25-11-6-4-7-12-25;/h4-9,11-12,14-17,23,27H,3,10,13,18-22,24H2,1-2H3;1H/p+1. The van der Waals surface area contributed by atoms with E-state index in [1.807, 2.05) is 73.7 Å².